The molecule has 0 unspecified atom stereocenters. The third-order valence-electron chi connectivity index (χ3n) is 5.45. The lowest BCUT2D eigenvalue weighted by Crippen LogP contribution is -2.29. The van der Waals surface area contributed by atoms with E-state index in [1.165, 1.54) is 0 Å². The van der Waals surface area contributed by atoms with Gasteiger partial charge in [-0.1, -0.05) is 42.5 Å². The van der Waals surface area contributed by atoms with Crippen LogP contribution in [0, 0.1) is 0 Å². The van der Waals surface area contributed by atoms with Crippen LogP contribution in [-0.4, -0.2) is 24.7 Å². The second-order valence-electron chi connectivity index (χ2n) is 7.17. The molecule has 1 amide bonds. The van der Waals surface area contributed by atoms with Crippen molar-refractivity contribution in [2.24, 2.45) is 0 Å². The standard InChI is InChI=1S/C24H24N2O4/c1-29-20-12-6-10-17(23(20)30-2)15-25-24(28)22-18(16-8-4-3-5-9-16)14-21(27)26-13-7-11-19(22)26/h3-6,8-10,12,14H,7,11,13,15H2,1-2H3,(H,25,28). The van der Waals surface area contributed by atoms with Crippen LogP contribution in [0.15, 0.2) is 59.4 Å². The quantitative estimate of drug-likeness (QED) is 0.684. The molecule has 0 saturated carbocycles. The highest BCUT2D eigenvalue weighted by Crippen LogP contribution is 2.31. The molecule has 0 saturated heterocycles. The first-order valence-electron chi connectivity index (χ1n) is 9.94. The molecule has 1 aliphatic rings. The van der Waals surface area contributed by atoms with Crippen molar-refractivity contribution in [3.8, 4) is 22.6 Å². The summed E-state index contributed by atoms with van der Waals surface area (Å²) in [5.74, 6) is 1.00. The highest BCUT2D eigenvalue weighted by molar-refractivity contribution is 6.02. The summed E-state index contributed by atoms with van der Waals surface area (Å²) in [5, 5.41) is 3.01. The summed E-state index contributed by atoms with van der Waals surface area (Å²) < 4.78 is 12.5. The van der Waals surface area contributed by atoms with Crippen LogP contribution in [0.25, 0.3) is 11.1 Å². The fraction of sp³-hybridized carbons (Fsp3) is 0.250. The molecule has 6 heteroatoms. The number of ether oxygens (including phenoxy) is 2. The van der Waals surface area contributed by atoms with Gasteiger partial charge in [-0.05, 0) is 24.5 Å². The van der Waals surface area contributed by atoms with Crippen molar-refractivity contribution in [3.05, 3.63) is 81.8 Å². The van der Waals surface area contributed by atoms with Gasteiger partial charge < -0.3 is 19.4 Å². The number of hydrogen-bond acceptors (Lipinski definition) is 4. The fourth-order valence-corrected chi connectivity index (χ4v) is 4.06. The van der Waals surface area contributed by atoms with E-state index in [1.54, 1.807) is 24.9 Å². The van der Waals surface area contributed by atoms with Crippen molar-refractivity contribution >= 4 is 5.91 Å². The van der Waals surface area contributed by atoms with Crippen LogP contribution in [0.1, 0.15) is 28.0 Å². The topological polar surface area (TPSA) is 69.6 Å². The highest BCUT2D eigenvalue weighted by Gasteiger charge is 2.25. The number of amides is 1. The molecule has 0 atom stereocenters. The minimum Gasteiger partial charge on any atom is -0.493 e. The number of nitrogens with zero attached hydrogens (tertiary/aromatic N) is 1. The first kappa shape index (κ1) is 19.8. The maximum atomic E-state index is 13.3. The molecule has 154 valence electrons. The van der Waals surface area contributed by atoms with E-state index in [0.717, 1.165) is 23.2 Å². The van der Waals surface area contributed by atoms with Gasteiger partial charge in [0.1, 0.15) is 0 Å². The number of fused-ring (bicyclic) bond motifs is 1. The Morgan fingerprint density at radius 3 is 2.60 bits per heavy atom. The molecule has 1 N–H and O–H groups in total. The molecule has 30 heavy (non-hydrogen) atoms. The maximum absolute atomic E-state index is 13.3. The molecule has 3 aromatic rings. The van der Waals surface area contributed by atoms with E-state index in [1.807, 2.05) is 48.5 Å². The molecular weight excluding hydrogens is 380 g/mol. The second-order valence-corrected chi connectivity index (χ2v) is 7.17. The van der Waals surface area contributed by atoms with Gasteiger partial charge in [-0.2, -0.15) is 0 Å². The number of carbonyl (C=O) groups is 1. The van der Waals surface area contributed by atoms with Crippen molar-refractivity contribution in [1.29, 1.82) is 0 Å². The molecule has 2 aromatic carbocycles. The summed E-state index contributed by atoms with van der Waals surface area (Å²) in [6.45, 7) is 0.930. The van der Waals surface area contributed by atoms with Crippen LogP contribution >= 0.6 is 0 Å². The largest absolute Gasteiger partial charge is 0.493 e. The third-order valence-corrected chi connectivity index (χ3v) is 5.45. The first-order chi connectivity index (χ1) is 14.6. The predicted molar refractivity (Wildman–Crippen MR) is 115 cm³/mol. The van der Waals surface area contributed by atoms with Gasteiger partial charge in [0.05, 0.1) is 19.8 Å². The minimum absolute atomic E-state index is 0.0626. The normalized spacial score (nSPS) is 12.3. The average molecular weight is 404 g/mol. The van der Waals surface area contributed by atoms with Crippen LogP contribution < -0.4 is 20.3 Å². The lowest BCUT2D eigenvalue weighted by atomic mass is 9.97. The Kier molecular flexibility index (Phi) is 5.57. The van der Waals surface area contributed by atoms with Gasteiger partial charge in [0.2, 0.25) is 0 Å². The maximum Gasteiger partial charge on any atom is 0.253 e. The summed E-state index contributed by atoms with van der Waals surface area (Å²) in [4.78, 5) is 26.0. The zero-order valence-electron chi connectivity index (χ0n) is 17.1. The van der Waals surface area contributed by atoms with Crippen LogP contribution in [0.2, 0.25) is 0 Å². The van der Waals surface area contributed by atoms with Gasteiger partial charge in [0.25, 0.3) is 11.5 Å². The molecule has 0 radical (unpaired) electrons. The van der Waals surface area contributed by atoms with Gasteiger partial charge in [0.15, 0.2) is 11.5 Å². The predicted octanol–water partition coefficient (Wildman–Crippen LogP) is 3.41. The van der Waals surface area contributed by atoms with Crippen molar-refractivity contribution < 1.29 is 14.3 Å². The molecule has 1 aromatic heterocycles. The second kappa shape index (κ2) is 8.45. The first-order valence-corrected chi connectivity index (χ1v) is 9.94. The number of aromatic nitrogens is 1. The molecule has 2 heterocycles. The Labute approximate surface area is 175 Å². The van der Waals surface area contributed by atoms with Crippen LogP contribution in [0.4, 0.5) is 0 Å². The number of nitrogens with one attached hydrogen (secondary N) is 1. The number of methoxy groups -OCH3 is 2. The van der Waals surface area contributed by atoms with Gasteiger partial charge in [-0.25, -0.2) is 0 Å². The van der Waals surface area contributed by atoms with Crippen molar-refractivity contribution in [2.75, 3.05) is 14.2 Å². The Hall–Kier alpha value is -3.54. The Balaban J connectivity index is 1.72. The monoisotopic (exact) mass is 404 g/mol. The van der Waals surface area contributed by atoms with Gasteiger partial charge >= 0.3 is 0 Å². The number of hydrogen-bond donors (Lipinski definition) is 1. The summed E-state index contributed by atoms with van der Waals surface area (Å²) in [6, 6.07) is 16.7. The number of carbonyl (C=O) groups excluding carboxylic acids is 1. The number of rotatable bonds is 6. The Morgan fingerprint density at radius 1 is 1.07 bits per heavy atom. The van der Waals surface area contributed by atoms with Crippen LogP contribution in [0.3, 0.4) is 0 Å². The lowest BCUT2D eigenvalue weighted by Gasteiger charge is -2.17. The molecule has 0 spiro atoms. The van der Waals surface area contributed by atoms with E-state index in [0.29, 0.717) is 35.6 Å². The van der Waals surface area contributed by atoms with Crippen LogP contribution in [0.5, 0.6) is 11.5 Å². The van der Waals surface area contributed by atoms with Crippen LogP contribution in [-0.2, 0) is 19.5 Å². The SMILES string of the molecule is COc1cccc(CNC(=O)c2c(-c3ccccc3)cc(=O)n3c2CCC3)c1OC. The number of benzene rings is 2. The zero-order valence-corrected chi connectivity index (χ0v) is 17.1. The van der Waals surface area contributed by atoms with Gasteiger partial charge in [-0.15, -0.1) is 0 Å². The molecular formula is C24H24N2O4. The molecule has 6 nitrogen and oxygen atoms in total. The van der Waals surface area contributed by atoms with E-state index in [4.69, 9.17) is 9.47 Å². The Bertz CT molecular complexity index is 1140. The number of pyridine rings is 1. The Morgan fingerprint density at radius 2 is 1.87 bits per heavy atom. The third kappa shape index (κ3) is 3.56. The van der Waals surface area contributed by atoms with E-state index < -0.39 is 0 Å². The number of para-hydroxylation sites is 1. The zero-order chi connectivity index (χ0) is 21.1. The summed E-state index contributed by atoms with van der Waals surface area (Å²) >= 11 is 0. The van der Waals surface area contributed by atoms with Crippen molar-refractivity contribution in [3.63, 3.8) is 0 Å². The summed E-state index contributed by atoms with van der Waals surface area (Å²) in [5.41, 5.74) is 3.65. The van der Waals surface area contributed by atoms with Crippen molar-refractivity contribution in [1.82, 2.24) is 9.88 Å². The molecule has 0 bridgehead atoms. The average Bonchev–Trinajstić information content (AvgIpc) is 3.28. The van der Waals surface area contributed by atoms with Gasteiger partial charge in [0, 0.05) is 36.0 Å². The van der Waals surface area contributed by atoms with E-state index in [2.05, 4.69) is 5.32 Å². The summed E-state index contributed by atoms with van der Waals surface area (Å²) in [7, 11) is 3.16. The van der Waals surface area contributed by atoms with E-state index in [9.17, 15) is 9.59 Å². The molecule has 1 aliphatic heterocycles. The molecule has 0 aliphatic carbocycles. The van der Waals surface area contributed by atoms with Crippen molar-refractivity contribution in [2.45, 2.75) is 25.9 Å². The molecule has 0 fully saturated rings. The highest BCUT2D eigenvalue weighted by atomic mass is 16.5. The lowest BCUT2D eigenvalue weighted by molar-refractivity contribution is 0.0949. The molecule has 4 rings (SSSR count). The van der Waals surface area contributed by atoms with E-state index >= 15 is 0 Å². The minimum atomic E-state index is -0.204. The van der Waals surface area contributed by atoms with E-state index in [-0.39, 0.29) is 18.0 Å². The summed E-state index contributed by atoms with van der Waals surface area (Å²) in [6.07, 6.45) is 1.57. The fourth-order valence-electron chi connectivity index (χ4n) is 4.06. The smallest absolute Gasteiger partial charge is 0.253 e. The van der Waals surface area contributed by atoms with Gasteiger partial charge in [-0.3, -0.25) is 9.59 Å².